The molecule has 2 atom stereocenters. The number of aryl methyl sites for hydroxylation is 3. The van der Waals surface area contributed by atoms with E-state index in [-0.39, 0.29) is 11.8 Å². The van der Waals surface area contributed by atoms with Crippen molar-refractivity contribution in [3.8, 4) is 5.75 Å². The average molecular weight is 460 g/mol. The molecule has 0 aliphatic carbocycles. The number of carbonyl (C=O) groups excluding carboxylic acids is 1. The van der Waals surface area contributed by atoms with E-state index in [0.717, 1.165) is 42.7 Å². The zero-order chi connectivity index (χ0) is 23.3. The van der Waals surface area contributed by atoms with Gasteiger partial charge in [0.15, 0.2) is 17.6 Å². The van der Waals surface area contributed by atoms with Crippen LogP contribution in [0.1, 0.15) is 74.5 Å². The minimum absolute atomic E-state index is 0.0644. The Morgan fingerprint density at radius 1 is 1.25 bits per heavy atom. The lowest BCUT2D eigenvalue weighted by atomic mass is 10.1. The molecule has 2 heterocycles. The van der Waals surface area contributed by atoms with E-state index in [1.54, 1.807) is 4.63 Å². The van der Waals surface area contributed by atoms with Gasteiger partial charge < -0.3 is 10.1 Å². The maximum absolute atomic E-state index is 13.0. The average Bonchev–Trinajstić information content (AvgIpc) is 3.29. The number of fused-ring (bicyclic) bond motifs is 1. The summed E-state index contributed by atoms with van der Waals surface area (Å²) in [5.41, 5.74) is 3.63. The summed E-state index contributed by atoms with van der Waals surface area (Å²) in [5, 5.41) is 11.1. The van der Waals surface area contributed by atoms with Gasteiger partial charge in [-0.1, -0.05) is 62.4 Å². The number of nitrogens with one attached hydrogen (secondary N) is 2. The Morgan fingerprint density at radius 2 is 2.03 bits per heavy atom. The molecule has 0 aliphatic rings. The van der Waals surface area contributed by atoms with Crippen LogP contribution in [0.2, 0.25) is 5.02 Å². The number of rotatable bonds is 11. The SMILES string of the molecule is CCCCCCC(Oc1ccc(C)cc1C)C(=O)NCC(C)c1nc2c(Cl)c(C)[nH]n2n1. The molecule has 32 heavy (non-hydrogen) atoms. The molecule has 3 aromatic rings. The first-order chi connectivity index (χ1) is 15.3. The number of hydrogen-bond acceptors (Lipinski definition) is 4. The first kappa shape index (κ1) is 24.1. The van der Waals surface area contributed by atoms with Crippen LogP contribution in [0.15, 0.2) is 18.2 Å². The van der Waals surface area contributed by atoms with Crippen LogP contribution >= 0.6 is 11.6 Å². The molecule has 2 unspecified atom stereocenters. The molecular weight excluding hydrogens is 426 g/mol. The summed E-state index contributed by atoms with van der Waals surface area (Å²) in [6.45, 7) is 10.5. The van der Waals surface area contributed by atoms with E-state index in [2.05, 4.69) is 33.5 Å². The Balaban J connectivity index is 1.64. The van der Waals surface area contributed by atoms with Gasteiger partial charge in [-0.05, 0) is 45.2 Å². The zero-order valence-corrected chi connectivity index (χ0v) is 20.4. The number of benzene rings is 1. The number of amides is 1. The molecule has 0 aliphatic heterocycles. The summed E-state index contributed by atoms with van der Waals surface area (Å²) in [7, 11) is 0. The fourth-order valence-corrected chi connectivity index (χ4v) is 3.84. The third-order valence-electron chi connectivity index (χ3n) is 5.66. The van der Waals surface area contributed by atoms with Crippen molar-refractivity contribution in [2.45, 2.75) is 78.7 Å². The van der Waals surface area contributed by atoms with E-state index in [4.69, 9.17) is 16.3 Å². The number of unbranched alkanes of at least 4 members (excludes halogenated alkanes) is 3. The molecule has 2 aromatic heterocycles. The molecule has 7 nitrogen and oxygen atoms in total. The van der Waals surface area contributed by atoms with Gasteiger partial charge in [-0.15, -0.1) is 5.10 Å². The molecule has 0 radical (unpaired) electrons. The predicted octanol–water partition coefficient (Wildman–Crippen LogP) is 5.27. The molecule has 3 rings (SSSR count). The highest BCUT2D eigenvalue weighted by molar-refractivity contribution is 6.34. The van der Waals surface area contributed by atoms with Gasteiger partial charge in [0.1, 0.15) is 10.8 Å². The third kappa shape index (κ3) is 5.82. The van der Waals surface area contributed by atoms with Crippen molar-refractivity contribution in [2.75, 3.05) is 6.54 Å². The highest BCUT2D eigenvalue weighted by atomic mass is 35.5. The number of carbonyl (C=O) groups is 1. The summed E-state index contributed by atoms with van der Waals surface area (Å²) < 4.78 is 7.75. The maximum Gasteiger partial charge on any atom is 0.261 e. The number of halogens is 1. The van der Waals surface area contributed by atoms with Gasteiger partial charge in [0.25, 0.3) is 5.91 Å². The molecule has 0 spiro atoms. The standard InChI is InChI=1S/C24H34ClN5O2/c1-6-7-8-9-10-20(32-19-12-11-15(2)13-16(19)3)24(31)26-14-17(4)22-27-23-21(25)18(5)28-30(23)29-22/h11-13,17,20,28H,6-10,14H2,1-5H3,(H,26,31). The monoisotopic (exact) mass is 459 g/mol. The van der Waals surface area contributed by atoms with Crippen LogP contribution in [-0.2, 0) is 4.79 Å². The number of H-pyrrole nitrogens is 1. The highest BCUT2D eigenvalue weighted by Gasteiger charge is 2.23. The molecule has 1 aromatic carbocycles. The van der Waals surface area contributed by atoms with Gasteiger partial charge in [0.05, 0.1) is 5.69 Å². The quantitative estimate of drug-likeness (QED) is 0.382. The van der Waals surface area contributed by atoms with Crippen molar-refractivity contribution in [2.24, 2.45) is 0 Å². The van der Waals surface area contributed by atoms with Gasteiger partial charge in [-0.3, -0.25) is 9.89 Å². The number of aromatic nitrogens is 4. The Bertz CT molecular complexity index is 1060. The predicted molar refractivity (Wildman–Crippen MR) is 128 cm³/mol. The first-order valence-electron chi connectivity index (χ1n) is 11.4. The molecule has 0 fully saturated rings. The fourth-order valence-electron chi connectivity index (χ4n) is 3.68. The summed E-state index contributed by atoms with van der Waals surface area (Å²) in [4.78, 5) is 17.6. The van der Waals surface area contributed by atoms with Crippen molar-refractivity contribution in [3.05, 3.63) is 45.9 Å². The minimum atomic E-state index is -0.526. The summed E-state index contributed by atoms with van der Waals surface area (Å²) in [6.07, 6.45) is 4.53. The molecule has 174 valence electrons. The first-order valence-corrected chi connectivity index (χ1v) is 11.8. The van der Waals surface area contributed by atoms with Crippen LogP contribution < -0.4 is 10.1 Å². The van der Waals surface area contributed by atoms with Crippen molar-refractivity contribution in [3.63, 3.8) is 0 Å². The van der Waals surface area contributed by atoms with Crippen LogP contribution in [0.25, 0.3) is 5.65 Å². The summed E-state index contributed by atoms with van der Waals surface area (Å²) >= 11 is 6.26. The highest BCUT2D eigenvalue weighted by Crippen LogP contribution is 2.23. The molecule has 2 N–H and O–H groups in total. The number of ether oxygens (including phenoxy) is 1. The second-order valence-electron chi connectivity index (χ2n) is 8.63. The van der Waals surface area contributed by atoms with Crippen molar-refractivity contribution < 1.29 is 9.53 Å². The van der Waals surface area contributed by atoms with Crippen LogP contribution in [-0.4, -0.2) is 38.4 Å². The largest absolute Gasteiger partial charge is 0.480 e. The minimum Gasteiger partial charge on any atom is -0.480 e. The van der Waals surface area contributed by atoms with Gasteiger partial charge in [-0.25, -0.2) is 4.98 Å². The molecule has 1 amide bonds. The van der Waals surface area contributed by atoms with Crippen LogP contribution in [0.3, 0.4) is 0 Å². The van der Waals surface area contributed by atoms with Crippen molar-refractivity contribution in [1.29, 1.82) is 0 Å². The smallest absolute Gasteiger partial charge is 0.261 e. The van der Waals surface area contributed by atoms with Crippen LogP contribution in [0.5, 0.6) is 5.75 Å². The Hall–Kier alpha value is -2.54. The van der Waals surface area contributed by atoms with E-state index in [0.29, 0.717) is 29.5 Å². The van der Waals surface area contributed by atoms with E-state index in [9.17, 15) is 4.79 Å². The maximum atomic E-state index is 13.0. The van der Waals surface area contributed by atoms with Crippen molar-refractivity contribution in [1.82, 2.24) is 25.1 Å². The van der Waals surface area contributed by atoms with Gasteiger partial charge in [0, 0.05) is 12.5 Å². The number of hydrogen-bond donors (Lipinski definition) is 2. The number of aromatic amines is 1. The third-order valence-corrected chi connectivity index (χ3v) is 6.11. The van der Waals surface area contributed by atoms with E-state index >= 15 is 0 Å². The molecule has 0 saturated heterocycles. The van der Waals surface area contributed by atoms with E-state index < -0.39 is 6.10 Å². The van der Waals surface area contributed by atoms with E-state index in [1.165, 1.54) is 5.56 Å². The number of nitrogens with zero attached hydrogens (tertiary/aromatic N) is 3. The molecular formula is C24H34ClN5O2. The second kappa shape index (κ2) is 10.9. The van der Waals surface area contributed by atoms with Gasteiger partial charge in [-0.2, -0.15) is 4.63 Å². The fraction of sp³-hybridized carbons (Fsp3) is 0.542. The Labute approximate surface area is 194 Å². The topological polar surface area (TPSA) is 84.3 Å². The Morgan fingerprint density at radius 3 is 2.72 bits per heavy atom. The summed E-state index contributed by atoms with van der Waals surface area (Å²) in [6, 6.07) is 6.03. The lowest BCUT2D eigenvalue weighted by molar-refractivity contribution is -0.128. The second-order valence-corrected chi connectivity index (χ2v) is 9.01. The molecule has 8 heteroatoms. The van der Waals surface area contributed by atoms with E-state index in [1.807, 2.05) is 39.8 Å². The van der Waals surface area contributed by atoms with Crippen LogP contribution in [0, 0.1) is 20.8 Å². The summed E-state index contributed by atoms with van der Waals surface area (Å²) in [5.74, 6) is 1.22. The Kier molecular flexibility index (Phi) is 8.18. The van der Waals surface area contributed by atoms with Crippen LogP contribution in [0.4, 0.5) is 0 Å². The lowest BCUT2D eigenvalue weighted by Crippen LogP contribution is -2.40. The molecule has 0 bridgehead atoms. The zero-order valence-electron chi connectivity index (χ0n) is 19.7. The van der Waals surface area contributed by atoms with Gasteiger partial charge in [0.2, 0.25) is 0 Å². The normalized spacial score (nSPS) is 13.3. The molecule has 0 saturated carbocycles. The lowest BCUT2D eigenvalue weighted by Gasteiger charge is -2.21. The van der Waals surface area contributed by atoms with Gasteiger partial charge >= 0.3 is 0 Å². The van der Waals surface area contributed by atoms with Crippen molar-refractivity contribution >= 4 is 23.2 Å².